The van der Waals surface area contributed by atoms with E-state index in [1.807, 2.05) is 31.2 Å². The Hall–Kier alpha value is -2.31. The van der Waals surface area contributed by atoms with Crippen LogP contribution in [0.5, 0.6) is 0 Å². The Kier molecular flexibility index (Phi) is 5.40. The minimum Gasteiger partial charge on any atom is -0.322 e. The van der Waals surface area contributed by atoms with E-state index < -0.39 is 6.04 Å². The van der Waals surface area contributed by atoms with Crippen LogP contribution in [-0.2, 0) is 11.3 Å². The third-order valence-corrected chi connectivity index (χ3v) is 4.18. The van der Waals surface area contributed by atoms with Crippen LogP contribution in [0.25, 0.3) is 0 Å². The van der Waals surface area contributed by atoms with E-state index in [0.29, 0.717) is 28.7 Å². The van der Waals surface area contributed by atoms with Crippen LogP contribution in [0.4, 0.5) is 5.69 Å². The molecule has 3 rings (SSSR count). The van der Waals surface area contributed by atoms with Crippen molar-refractivity contribution < 1.29 is 4.79 Å². The monoisotopic (exact) mass is 377 g/mol. The first kappa shape index (κ1) is 17.5. The van der Waals surface area contributed by atoms with Gasteiger partial charge in [0.15, 0.2) is 0 Å². The molecule has 6 nitrogen and oxygen atoms in total. The van der Waals surface area contributed by atoms with Crippen molar-refractivity contribution in [2.75, 3.05) is 5.32 Å². The highest BCUT2D eigenvalue weighted by Gasteiger charge is 2.20. The summed E-state index contributed by atoms with van der Waals surface area (Å²) in [6, 6.07) is 7.13. The number of halogens is 2. The molecule has 0 aliphatic carbocycles. The highest BCUT2D eigenvalue weighted by atomic mass is 35.5. The van der Waals surface area contributed by atoms with Gasteiger partial charge in [0, 0.05) is 17.4 Å². The maximum absolute atomic E-state index is 12.5. The molecule has 0 radical (unpaired) electrons. The van der Waals surface area contributed by atoms with Crippen molar-refractivity contribution in [3.63, 3.8) is 0 Å². The molecule has 2 aromatic heterocycles. The van der Waals surface area contributed by atoms with Crippen LogP contribution in [0.2, 0.25) is 10.0 Å². The van der Waals surface area contributed by atoms with Gasteiger partial charge in [-0.3, -0.25) is 14.2 Å². The van der Waals surface area contributed by atoms with Gasteiger partial charge < -0.3 is 5.32 Å². The predicted octanol–water partition coefficient (Wildman–Crippen LogP) is 4.02. The van der Waals surface area contributed by atoms with Crippen LogP contribution in [0, 0.1) is 0 Å². The molecule has 1 atom stereocenters. The van der Waals surface area contributed by atoms with Crippen LogP contribution < -0.4 is 5.32 Å². The van der Waals surface area contributed by atoms with Crippen LogP contribution in [0.3, 0.4) is 0 Å². The second-order valence-electron chi connectivity index (χ2n) is 5.60. The smallest absolute Gasteiger partial charge is 0.249 e. The van der Waals surface area contributed by atoms with Gasteiger partial charge in [0.2, 0.25) is 5.91 Å². The molecule has 0 spiro atoms. The average Bonchev–Trinajstić information content (AvgIpc) is 3.20. The van der Waals surface area contributed by atoms with Crippen LogP contribution in [0.15, 0.2) is 49.1 Å². The van der Waals surface area contributed by atoms with Crippen molar-refractivity contribution in [1.82, 2.24) is 19.6 Å². The summed E-state index contributed by atoms with van der Waals surface area (Å²) >= 11 is 11.8. The van der Waals surface area contributed by atoms with Crippen molar-refractivity contribution >= 4 is 34.8 Å². The Morgan fingerprint density at radius 2 is 1.88 bits per heavy atom. The quantitative estimate of drug-likeness (QED) is 0.705. The van der Waals surface area contributed by atoms with Crippen molar-refractivity contribution in [2.24, 2.45) is 0 Å². The first-order valence-electron chi connectivity index (χ1n) is 7.82. The van der Waals surface area contributed by atoms with Gasteiger partial charge in [-0.15, -0.1) is 0 Å². The number of nitrogens with zero attached hydrogens (tertiary/aromatic N) is 4. The zero-order valence-corrected chi connectivity index (χ0v) is 15.1. The highest BCUT2D eigenvalue weighted by Crippen LogP contribution is 2.17. The Labute approximate surface area is 155 Å². The Morgan fingerprint density at radius 1 is 1.12 bits per heavy atom. The van der Waals surface area contributed by atoms with Crippen molar-refractivity contribution in [3.8, 4) is 0 Å². The fourth-order valence-electron chi connectivity index (χ4n) is 2.49. The molecule has 25 heavy (non-hydrogen) atoms. The highest BCUT2D eigenvalue weighted by molar-refractivity contribution is 6.30. The van der Waals surface area contributed by atoms with E-state index >= 15 is 0 Å². The summed E-state index contributed by atoms with van der Waals surface area (Å²) in [5, 5.41) is 12.5. The minimum absolute atomic E-state index is 0.159. The lowest BCUT2D eigenvalue weighted by Gasteiger charge is -2.14. The van der Waals surface area contributed by atoms with Crippen LogP contribution in [-0.4, -0.2) is 25.5 Å². The van der Waals surface area contributed by atoms with Gasteiger partial charge in [-0.05, 0) is 24.1 Å². The number of rotatable bonds is 6. The van der Waals surface area contributed by atoms with E-state index in [4.69, 9.17) is 23.2 Å². The van der Waals surface area contributed by atoms with E-state index in [2.05, 4.69) is 15.5 Å². The third-order valence-electron chi connectivity index (χ3n) is 3.74. The SMILES string of the molecule is CCC(C(=O)Nc1cnn(Cc2ccc(Cl)cc2)c1)n1cc(Cl)cn1. The van der Waals surface area contributed by atoms with E-state index in [-0.39, 0.29) is 5.91 Å². The number of carbonyl (C=O) groups excluding carboxylic acids is 1. The number of hydrogen-bond acceptors (Lipinski definition) is 3. The zero-order chi connectivity index (χ0) is 17.8. The average molecular weight is 378 g/mol. The van der Waals surface area contributed by atoms with Crippen LogP contribution in [0.1, 0.15) is 24.9 Å². The van der Waals surface area contributed by atoms with Crippen molar-refractivity contribution in [3.05, 3.63) is 64.7 Å². The summed E-state index contributed by atoms with van der Waals surface area (Å²) in [6.07, 6.45) is 7.16. The van der Waals surface area contributed by atoms with E-state index in [0.717, 1.165) is 5.56 Å². The minimum atomic E-state index is -0.424. The topological polar surface area (TPSA) is 64.7 Å². The molecule has 8 heteroatoms. The second-order valence-corrected chi connectivity index (χ2v) is 6.48. The molecule has 0 fully saturated rings. The molecule has 2 heterocycles. The Bertz CT molecular complexity index is 856. The normalized spacial score (nSPS) is 12.1. The number of aromatic nitrogens is 4. The molecule has 0 saturated carbocycles. The van der Waals surface area contributed by atoms with E-state index in [1.165, 1.54) is 6.20 Å². The lowest BCUT2D eigenvalue weighted by atomic mass is 10.2. The molecule has 0 bridgehead atoms. The number of nitrogens with one attached hydrogen (secondary N) is 1. The molecular formula is C17H17Cl2N5O. The second kappa shape index (κ2) is 7.72. The van der Waals surface area contributed by atoms with E-state index in [9.17, 15) is 4.79 Å². The first-order valence-corrected chi connectivity index (χ1v) is 8.58. The summed E-state index contributed by atoms with van der Waals surface area (Å²) in [6.45, 7) is 2.52. The van der Waals surface area contributed by atoms with Gasteiger partial charge in [0.1, 0.15) is 6.04 Å². The van der Waals surface area contributed by atoms with Crippen molar-refractivity contribution in [1.29, 1.82) is 0 Å². The molecule has 1 aromatic carbocycles. The van der Waals surface area contributed by atoms with Gasteiger partial charge in [0.05, 0.1) is 29.6 Å². The van der Waals surface area contributed by atoms with Gasteiger partial charge in [-0.25, -0.2) is 0 Å². The fraction of sp³-hybridized carbons (Fsp3) is 0.235. The summed E-state index contributed by atoms with van der Waals surface area (Å²) in [5.74, 6) is -0.159. The van der Waals surface area contributed by atoms with Gasteiger partial charge in [-0.1, -0.05) is 42.3 Å². The number of benzene rings is 1. The molecule has 0 aliphatic heterocycles. The Balaban J connectivity index is 1.65. The number of carbonyl (C=O) groups is 1. The molecule has 130 valence electrons. The molecule has 1 amide bonds. The molecule has 1 unspecified atom stereocenters. The largest absolute Gasteiger partial charge is 0.322 e. The lowest BCUT2D eigenvalue weighted by Crippen LogP contribution is -2.25. The van der Waals surface area contributed by atoms with Crippen molar-refractivity contribution in [2.45, 2.75) is 25.9 Å². The predicted molar refractivity (Wildman–Crippen MR) is 98.0 cm³/mol. The summed E-state index contributed by atoms with van der Waals surface area (Å²) in [5.41, 5.74) is 1.71. The van der Waals surface area contributed by atoms with E-state index in [1.54, 1.807) is 28.0 Å². The molecular weight excluding hydrogens is 361 g/mol. The van der Waals surface area contributed by atoms with Crippen LogP contribution >= 0.6 is 23.2 Å². The third kappa shape index (κ3) is 4.41. The fourth-order valence-corrected chi connectivity index (χ4v) is 2.76. The molecule has 0 saturated heterocycles. The summed E-state index contributed by atoms with van der Waals surface area (Å²) in [7, 11) is 0. The van der Waals surface area contributed by atoms with Gasteiger partial charge >= 0.3 is 0 Å². The molecule has 1 N–H and O–H groups in total. The molecule has 0 aliphatic rings. The summed E-state index contributed by atoms with van der Waals surface area (Å²) < 4.78 is 3.32. The van der Waals surface area contributed by atoms with Gasteiger partial charge in [0.25, 0.3) is 0 Å². The lowest BCUT2D eigenvalue weighted by molar-refractivity contribution is -0.119. The maximum Gasteiger partial charge on any atom is 0.249 e. The molecule has 3 aromatic rings. The summed E-state index contributed by atoms with van der Waals surface area (Å²) in [4.78, 5) is 12.5. The maximum atomic E-state index is 12.5. The zero-order valence-electron chi connectivity index (χ0n) is 13.6. The number of hydrogen-bond donors (Lipinski definition) is 1. The number of amides is 1. The standard InChI is InChI=1S/C17H17Cl2N5O/c1-2-16(24-10-14(19)7-21-24)17(25)22-15-8-20-23(11-15)9-12-3-5-13(18)6-4-12/h3-8,10-11,16H,2,9H2,1H3,(H,22,25). The number of anilines is 1. The van der Waals surface area contributed by atoms with Gasteiger partial charge in [-0.2, -0.15) is 10.2 Å². The Morgan fingerprint density at radius 3 is 2.52 bits per heavy atom. The first-order chi connectivity index (χ1) is 12.0.